The van der Waals surface area contributed by atoms with Crippen LogP contribution in [0.3, 0.4) is 0 Å². The normalized spacial score (nSPS) is 13.8. The van der Waals surface area contributed by atoms with E-state index in [0.29, 0.717) is 17.3 Å². The van der Waals surface area contributed by atoms with Crippen molar-refractivity contribution in [1.29, 1.82) is 0 Å². The molecule has 2 aromatic rings. The monoisotopic (exact) mass is 477 g/mol. The first kappa shape index (κ1) is 20.7. The number of rotatable bonds is 4. The number of aromatic nitrogens is 1. The molecule has 1 aromatic heterocycles. The fraction of sp³-hybridized carbons (Fsp3) is 0.214. The molecule has 1 unspecified atom stereocenters. The maximum atomic E-state index is 12.7. The SMILES string of the molecule is O=P(O)(O)C(Br)Cc1cc(-c2ncc(C(F)(F)F)cc2Cl)ccc1Cl. The van der Waals surface area contributed by atoms with Gasteiger partial charge in [-0.1, -0.05) is 45.2 Å². The standard InChI is InChI=1S/C14H10BrCl2F3NO3P/c15-12(25(22,23)24)4-8-3-7(1-2-10(8)16)13-11(17)5-9(6-21-13)14(18,19)20/h1-3,5-6,12H,4H2,(H2,22,23,24). The molecule has 4 nitrogen and oxygen atoms in total. The van der Waals surface area contributed by atoms with Crippen LogP contribution >= 0.6 is 46.7 Å². The molecule has 0 amide bonds. The van der Waals surface area contributed by atoms with Gasteiger partial charge in [0.15, 0.2) is 0 Å². The van der Waals surface area contributed by atoms with Gasteiger partial charge in [0.2, 0.25) is 0 Å². The van der Waals surface area contributed by atoms with E-state index in [4.69, 9.17) is 33.0 Å². The van der Waals surface area contributed by atoms with Crippen molar-refractivity contribution >= 4 is 46.7 Å². The van der Waals surface area contributed by atoms with Crippen molar-refractivity contribution in [3.05, 3.63) is 51.6 Å². The largest absolute Gasteiger partial charge is 0.417 e. The van der Waals surface area contributed by atoms with Crippen LogP contribution in [0.2, 0.25) is 10.0 Å². The smallest absolute Gasteiger partial charge is 0.324 e. The van der Waals surface area contributed by atoms with Gasteiger partial charge in [0.05, 0.1) is 16.3 Å². The summed E-state index contributed by atoms with van der Waals surface area (Å²) in [4.78, 5) is 22.1. The molecule has 1 heterocycles. The highest BCUT2D eigenvalue weighted by Gasteiger charge is 2.32. The maximum Gasteiger partial charge on any atom is 0.417 e. The van der Waals surface area contributed by atoms with Crippen molar-refractivity contribution in [2.45, 2.75) is 17.2 Å². The van der Waals surface area contributed by atoms with Gasteiger partial charge in [0, 0.05) is 16.8 Å². The van der Waals surface area contributed by atoms with Gasteiger partial charge >= 0.3 is 13.8 Å². The average Bonchev–Trinajstić information content (AvgIpc) is 2.47. The lowest BCUT2D eigenvalue weighted by Gasteiger charge is -2.14. The molecule has 0 fully saturated rings. The summed E-state index contributed by atoms with van der Waals surface area (Å²) in [5, 5.41) is 0.0539. The minimum absolute atomic E-state index is 0.0881. The third-order valence-corrected chi connectivity index (χ3v) is 6.73. The van der Waals surface area contributed by atoms with E-state index < -0.39 is 23.9 Å². The van der Waals surface area contributed by atoms with E-state index in [-0.39, 0.29) is 22.2 Å². The van der Waals surface area contributed by atoms with Crippen molar-refractivity contribution in [2.24, 2.45) is 0 Å². The molecule has 0 radical (unpaired) electrons. The summed E-state index contributed by atoms with van der Waals surface area (Å²) < 4.78 is 48.1. The lowest BCUT2D eigenvalue weighted by Crippen LogP contribution is -2.06. The molecule has 136 valence electrons. The van der Waals surface area contributed by atoms with Crippen molar-refractivity contribution in [2.75, 3.05) is 0 Å². The van der Waals surface area contributed by atoms with Gasteiger partial charge in [-0.05, 0) is 30.2 Å². The van der Waals surface area contributed by atoms with E-state index in [1.807, 2.05) is 0 Å². The van der Waals surface area contributed by atoms with Gasteiger partial charge in [-0.3, -0.25) is 9.55 Å². The Morgan fingerprint density at radius 3 is 2.36 bits per heavy atom. The third-order valence-electron chi connectivity index (χ3n) is 3.24. The molecule has 0 aliphatic rings. The van der Waals surface area contributed by atoms with Crippen LogP contribution in [0.25, 0.3) is 11.3 Å². The number of nitrogens with zero attached hydrogens (tertiary/aromatic N) is 1. The zero-order valence-electron chi connectivity index (χ0n) is 12.1. The summed E-state index contributed by atoms with van der Waals surface area (Å²) >= 11 is 14.8. The molecule has 11 heteroatoms. The Bertz CT molecular complexity index is 845. The molecule has 2 rings (SSSR count). The Morgan fingerprint density at radius 1 is 1.20 bits per heavy atom. The van der Waals surface area contributed by atoms with Crippen LogP contribution in [0.4, 0.5) is 13.2 Å². The van der Waals surface area contributed by atoms with Crippen molar-refractivity contribution in [1.82, 2.24) is 4.98 Å². The van der Waals surface area contributed by atoms with Gasteiger partial charge < -0.3 is 9.79 Å². The minimum Gasteiger partial charge on any atom is -0.324 e. The second-order valence-electron chi connectivity index (χ2n) is 5.09. The predicted molar refractivity (Wildman–Crippen MR) is 93.2 cm³/mol. The highest BCUT2D eigenvalue weighted by molar-refractivity contribution is 9.10. The fourth-order valence-corrected chi connectivity index (χ4v) is 3.24. The number of halogens is 6. The second-order valence-corrected chi connectivity index (χ2v) is 9.51. The molecule has 0 bridgehead atoms. The molecule has 0 spiro atoms. The predicted octanol–water partition coefficient (Wildman–Crippen LogP) is 5.52. The Labute approximate surface area is 159 Å². The van der Waals surface area contributed by atoms with Crippen molar-refractivity contribution in [3.8, 4) is 11.3 Å². The number of hydrogen-bond donors (Lipinski definition) is 2. The van der Waals surface area contributed by atoms with Crippen LogP contribution in [-0.2, 0) is 17.2 Å². The van der Waals surface area contributed by atoms with Crippen LogP contribution in [0.5, 0.6) is 0 Å². The first-order chi connectivity index (χ1) is 11.4. The van der Waals surface area contributed by atoms with Crippen LogP contribution in [0.15, 0.2) is 30.5 Å². The quantitative estimate of drug-likeness (QED) is 0.448. The highest BCUT2D eigenvalue weighted by atomic mass is 79.9. The van der Waals surface area contributed by atoms with Gasteiger partial charge in [-0.15, -0.1) is 0 Å². The van der Waals surface area contributed by atoms with E-state index in [2.05, 4.69) is 20.9 Å². The van der Waals surface area contributed by atoms with Crippen LogP contribution in [0.1, 0.15) is 11.1 Å². The van der Waals surface area contributed by atoms with Crippen LogP contribution < -0.4 is 0 Å². The van der Waals surface area contributed by atoms with Crippen LogP contribution in [0, 0.1) is 0 Å². The summed E-state index contributed by atoms with van der Waals surface area (Å²) in [7, 11) is -4.37. The van der Waals surface area contributed by atoms with E-state index in [0.717, 1.165) is 6.07 Å². The number of benzene rings is 1. The van der Waals surface area contributed by atoms with E-state index in [1.165, 1.54) is 18.2 Å². The topological polar surface area (TPSA) is 70.4 Å². The van der Waals surface area contributed by atoms with Crippen LogP contribution in [-0.4, -0.2) is 19.3 Å². The average molecular weight is 479 g/mol. The lowest BCUT2D eigenvalue weighted by molar-refractivity contribution is -0.137. The molecular formula is C14H10BrCl2F3NO3P. The van der Waals surface area contributed by atoms with E-state index >= 15 is 0 Å². The Hall–Kier alpha value is -0.630. The van der Waals surface area contributed by atoms with Gasteiger partial charge in [0.1, 0.15) is 4.57 Å². The number of alkyl halides is 4. The Balaban J connectivity index is 2.41. The zero-order chi connectivity index (χ0) is 19.0. The van der Waals surface area contributed by atoms with E-state index in [1.54, 1.807) is 0 Å². The minimum atomic E-state index is -4.56. The van der Waals surface area contributed by atoms with Crippen molar-refractivity contribution in [3.63, 3.8) is 0 Å². The molecule has 0 saturated carbocycles. The summed E-state index contributed by atoms with van der Waals surface area (Å²) in [6.45, 7) is 0. The molecule has 0 aliphatic carbocycles. The number of pyridine rings is 1. The summed E-state index contributed by atoms with van der Waals surface area (Å²) in [6, 6.07) is 5.21. The molecule has 2 N–H and O–H groups in total. The maximum absolute atomic E-state index is 12.7. The van der Waals surface area contributed by atoms with Gasteiger partial charge in [-0.25, -0.2) is 0 Å². The summed E-state index contributed by atoms with van der Waals surface area (Å²) in [6.07, 6.45) is -3.99. The summed E-state index contributed by atoms with van der Waals surface area (Å²) in [5.74, 6) is 0. The molecule has 25 heavy (non-hydrogen) atoms. The fourth-order valence-electron chi connectivity index (χ4n) is 1.98. The first-order valence-corrected chi connectivity index (χ1v) is 9.95. The summed E-state index contributed by atoms with van der Waals surface area (Å²) in [5.41, 5.74) is -0.0991. The zero-order valence-corrected chi connectivity index (χ0v) is 16.1. The lowest BCUT2D eigenvalue weighted by atomic mass is 10.1. The van der Waals surface area contributed by atoms with Crippen molar-refractivity contribution < 1.29 is 27.5 Å². The molecule has 1 atom stereocenters. The highest BCUT2D eigenvalue weighted by Crippen LogP contribution is 2.47. The van der Waals surface area contributed by atoms with E-state index in [9.17, 15) is 17.7 Å². The third kappa shape index (κ3) is 5.18. The van der Waals surface area contributed by atoms with Gasteiger partial charge in [0.25, 0.3) is 0 Å². The second kappa shape index (κ2) is 7.55. The Morgan fingerprint density at radius 2 is 1.84 bits per heavy atom. The number of hydrogen-bond acceptors (Lipinski definition) is 2. The molecule has 1 aromatic carbocycles. The molecule has 0 saturated heterocycles. The van der Waals surface area contributed by atoms with Gasteiger partial charge in [-0.2, -0.15) is 13.2 Å². The first-order valence-electron chi connectivity index (χ1n) is 6.60. The molecular weight excluding hydrogens is 469 g/mol. The molecule has 0 aliphatic heterocycles. The Kier molecular flexibility index (Phi) is 6.24.